The van der Waals surface area contributed by atoms with Crippen molar-refractivity contribution in [2.24, 2.45) is 0 Å². The van der Waals surface area contributed by atoms with E-state index < -0.39 is 16.0 Å². The molecular formula is C12H19N3O4S. The molecule has 1 aliphatic carbocycles. The summed E-state index contributed by atoms with van der Waals surface area (Å²) < 4.78 is 28.1. The Bertz CT molecular complexity index is 631. The lowest BCUT2D eigenvalue weighted by Gasteiger charge is -2.20. The third kappa shape index (κ3) is 2.57. The van der Waals surface area contributed by atoms with Gasteiger partial charge in [-0.25, -0.2) is 8.42 Å². The number of hydrogen-bond donors (Lipinski definition) is 1. The summed E-state index contributed by atoms with van der Waals surface area (Å²) in [4.78, 5) is 10.9. The second-order valence-corrected chi connectivity index (χ2v) is 6.82. The van der Waals surface area contributed by atoms with E-state index in [2.05, 4.69) is 5.10 Å². The second kappa shape index (κ2) is 5.17. The van der Waals surface area contributed by atoms with E-state index in [0.717, 1.165) is 12.8 Å². The number of rotatable bonds is 6. The zero-order valence-corrected chi connectivity index (χ0v) is 12.6. The Morgan fingerprint density at radius 1 is 1.45 bits per heavy atom. The minimum Gasteiger partial charge on any atom is -0.480 e. The monoisotopic (exact) mass is 301 g/mol. The second-order valence-electron chi connectivity index (χ2n) is 4.99. The minimum absolute atomic E-state index is 0.0756. The number of sulfonamides is 1. The fraction of sp³-hybridized carbons (Fsp3) is 0.667. The van der Waals surface area contributed by atoms with Crippen molar-refractivity contribution in [2.75, 3.05) is 6.54 Å². The molecule has 0 bridgehead atoms. The minimum atomic E-state index is -3.61. The van der Waals surface area contributed by atoms with Crippen molar-refractivity contribution < 1.29 is 18.3 Å². The van der Waals surface area contributed by atoms with Gasteiger partial charge in [0.2, 0.25) is 10.0 Å². The van der Waals surface area contributed by atoms with Gasteiger partial charge in [0, 0.05) is 12.6 Å². The topological polar surface area (TPSA) is 92.5 Å². The van der Waals surface area contributed by atoms with E-state index in [1.165, 1.54) is 8.99 Å². The smallest absolute Gasteiger partial charge is 0.325 e. The number of carboxylic acids is 1. The van der Waals surface area contributed by atoms with Crippen LogP contribution >= 0.6 is 0 Å². The fourth-order valence-electron chi connectivity index (χ4n) is 2.44. The Morgan fingerprint density at radius 2 is 2.05 bits per heavy atom. The molecule has 20 heavy (non-hydrogen) atoms. The molecule has 8 heteroatoms. The van der Waals surface area contributed by atoms with Gasteiger partial charge in [0.25, 0.3) is 0 Å². The molecule has 0 amide bonds. The van der Waals surface area contributed by atoms with Crippen molar-refractivity contribution in [1.82, 2.24) is 14.1 Å². The lowest BCUT2D eigenvalue weighted by molar-refractivity contribution is -0.137. The maximum absolute atomic E-state index is 12.7. The maximum Gasteiger partial charge on any atom is 0.325 e. The van der Waals surface area contributed by atoms with Gasteiger partial charge >= 0.3 is 5.97 Å². The lowest BCUT2D eigenvalue weighted by atomic mass is 10.4. The Labute approximate surface area is 118 Å². The summed E-state index contributed by atoms with van der Waals surface area (Å²) in [5.74, 6) is -1.05. The molecule has 0 aliphatic heterocycles. The third-order valence-corrected chi connectivity index (χ3v) is 5.71. The zero-order valence-electron chi connectivity index (χ0n) is 11.8. The van der Waals surface area contributed by atoms with Gasteiger partial charge in [0.15, 0.2) is 0 Å². The van der Waals surface area contributed by atoms with Gasteiger partial charge < -0.3 is 5.11 Å². The van der Waals surface area contributed by atoms with Gasteiger partial charge in [-0.3, -0.25) is 9.48 Å². The number of aromatic nitrogens is 2. The van der Waals surface area contributed by atoms with Crippen LogP contribution in [0.2, 0.25) is 0 Å². The molecule has 2 rings (SSSR count). The number of nitrogens with zero attached hydrogens (tertiary/aromatic N) is 3. The van der Waals surface area contributed by atoms with Crippen molar-refractivity contribution in [2.45, 2.75) is 51.1 Å². The van der Waals surface area contributed by atoms with Gasteiger partial charge in [-0.05, 0) is 26.7 Å². The molecule has 1 N–H and O–H groups in total. The predicted octanol–water partition coefficient (Wildman–Crippen LogP) is 0.758. The summed E-state index contributed by atoms with van der Waals surface area (Å²) >= 11 is 0. The van der Waals surface area contributed by atoms with Crippen molar-refractivity contribution in [3.8, 4) is 0 Å². The van der Waals surface area contributed by atoms with Crippen molar-refractivity contribution in [3.63, 3.8) is 0 Å². The van der Waals surface area contributed by atoms with Crippen LogP contribution in [0.4, 0.5) is 0 Å². The molecule has 0 saturated heterocycles. The van der Waals surface area contributed by atoms with Gasteiger partial charge in [-0.15, -0.1) is 0 Å². The van der Waals surface area contributed by atoms with Crippen molar-refractivity contribution >= 4 is 16.0 Å². The van der Waals surface area contributed by atoms with Crippen LogP contribution in [0, 0.1) is 13.8 Å². The van der Waals surface area contributed by atoms with Gasteiger partial charge in [0.1, 0.15) is 11.4 Å². The van der Waals surface area contributed by atoms with Crippen molar-refractivity contribution in [3.05, 3.63) is 11.4 Å². The van der Waals surface area contributed by atoms with Crippen LogP contribution in [0.3, 0.4) is 0 Å². The number of aliphatic carboxylic acids is 1. The van der Waals surface area contributed by atoms with Crippen LogP contribution in [0.25, 0.3) is 0 Å². The molecule has 1 aromatic heterocycles. The summed E-state index contributed by atoms with van der Waals surface area (Å²) in [6, 6.07) is 0.0756. The summed E-state index contributed by atoms with van der Waals surface area (Å²) in [5.41, 5.74) is 0.729. The summed E-state index contributed by atoms with van der Waals surface area (Å²) in [6.07, 6.45) is 1.77. The summed E-state index contributed by atoms with van der Waals surface area (Å²) in [6.45, 7) is 5.07. The van der Waals surface area contributed by atoms with Crippen LogP contribution in [0.5, 0.6) is 0 Å². The van der Waals surface area contributed by atoms with E-state index in [0.29, 0.717) is 17.9 Å². The van der Waals surface area contributed by atoms with Crippen LogP contribution in [0.15, 0.2) is 4.90 Å². The molecule has 1 heterocycles. The summed E-state index contributed by atoms with van der Waals surface area (Å²) in [7, 11) is -3.61. The molecule has 0 atom stereocenters. The Balaban J connectivity index is 2.46. The highest BCUT2D eigenvalue weighted by Gasteiger charge is 2.39. The molecule has 0 aromatic carbocycles. The first-order chi connectivity index (χ1) is 9.28. The van der Waals surface area contributed by atoms with Crippen LogP contribution < -0.4 is 0 Å². The molecular weight excluding hydrogens is 282 g/mol. The molecule has 1 aliphatic rings. The molecule has 1 saturated carbocycles. The van der Waals surface area contributed by atoms with Gasteiger partial charge in [-0.2, -0.15) is 9.40 Å². The van der Waals surface area contributed by atoms with Gasteiger partial charge in [-0.1, -0.05) is 6.92 Å². The normalized spacial score (nSPS) is 15.8. The van der Waals surface area contributed by atoms with E-state index >= 15 is 0 Å². The average molecular weight is 301 g/mol. The fourth-order valence-corrected chi connectivity index (χ4v) is 4.51. The standard InChI is InChI=1S/C12H19N3O4S/c1-4-15(10-5-6-10)20(18,19)12-8(2)13-14(9(12)3)7-11(16)17/h10H,4-7H2,1-3H3,(H,16,17). The Hall–Kier alpha value is -1.41. The number of hydrogen-bond acceptors (Lipinski definition) is 4. The molecule has 0 radical (unpaired) electrons. The molecule has 112 valence electrons. The van der Waals surface area contributed by atoms with Crippen molar-refractivity contribution in [1.29, 1.82) is 0 Å². The highest BCUT2D eigenvalue weighted by Crippen LogP contribution is 2.33. The zero-order chi connectivity index (χ0) is 15.1. The van der Waals surface area contributed by atoms with E-state index in [1.54, 1.807) is 13.8 Å². The SMILES string of the molecule is CCN(C1CC1)S(=O)(=O)c1c(C)nn(CC(=O)O)c1C. The van der Waals surface area contributed by atoms with E-state index in [-0.39, 0.29) is 17.5 Å². The van der Waals surface area contributed by atoms with Gasteiger partial charge in [0.05, 0.1) is 11.4 Å². The quantitative estimate of drug-likeness (QED) is 0.837. The Morgan fingerprint density at radius 3 is 2.50 bits per heavy atom. The van der Waals surface area contributed by atoms with E-state index in [4.69, 9.17) is 5.11 Å². The first-order valence-corrected chi connectivity index (χ1v) is 8.00. The molecule has 0 unspecified atom stereocenters. The first kappa shape index (κ1) is 15.0. The van der Waals surface area contributed by atoms with Crippen LogP contribution in [-0.2, 0) is 21.4 Å². The number of carboxylic acid groups (broad SMARTS) is 1. The third-order valence-electron chi connectivity index (χ3n) is 3.43. The van der Waals surface area contributed by atoms with E-state index in [9.17, 15) is 13.2 Å². The average Bonchev–Trinajstić information content (AvgIpc) is 3.07. The highest BCUT2D eigenvalue weighted by atomic mass is 32.2. The van der Waals surface area contributed by atoms with E-state index in [1.807, 2.05) is 6.92 Å². The number of aryl methyl sites for hydroxylation is 1. The van der Waals surface area contributed by atoms with Crippen LogP contribution in [-0.4, -0.2) is 46.2 Å². The Kier molecular flexibility index (Phi) is 3.88. The molecule has 1 aromatic rings. The molecule has 1 fully saturated rings. The summed E-state index contributed by atoms with van der Waals surface area (Å²) in [5, 5.41) is 12.9. The largest absolute Gasteiger partial charge is 0.480 e. The maximum atomic E-state index is 12.7. The molecule has 0 spiro atoms. The highest BCUT2D eigenvalue weighted by molar-refractivity contribution is 7.89. The first-order valence-electron chi connectivity index (χ1n) is 6.56. The van der Waals surface area contributed by atoms with Crippen LogP contribution in [0.1, 0.15) is 31.2 Å². The number of carbonyl (C=O) groups is 1. The molecule has 7 nitrogen and oxygen atoms in total. The predicted molar refractivity (Wildman–Crippen MR) is 71.9 cm³/mol. The lowest BCUT2D eigenvalue weighted by Crippen LogP contribution is -2.33.